The summed E-state index contributed by atoms with van der Waals surface area (Å²) in [4.78, 5) is 21.5. The number of nitrogens with one attached hydrogen (secondary N) is 2. The molecule has 222 valence electrons. The number of hydrogen-bond donors (Lipinski definition) is 3. The zero-order valence-electron chi connectivity index (χ0n) is 23.9. The average Bonchev–Trinajstić information content (AvgIpc) is 2.87. The number of anilines is 3. The van der Waals surface area contributed by atoms with E-state index in [2.05, 4.69) is 37.4 Å². The van der Waals surface area contributed by atoms with Gasteiger partial charge in [-0.1, -0.05) is 0 Å². The number of aryl methyl sites for hydroxylation is 1. The lowest BCUT2D eigenvalue weighted by molar-refractivity contribution is -0.137. The lowest BCUT2D eigenvalue weighted by Gasteiger charge is -2.51. The van der Waals surface area contributed by atoms with Crippen molar-refractivity contribution >= 4 is 28.5 Å². The summed E-state index contributed by atoms with van der Waals surface area (Å²) >= 11 is 0. The number of halogens is 4. The van der Waals surface area contributed by atoms with Crippen molar-refractivity contribution in [3.05, 3.63) is 23.0 Å². The second-order valence-electron chi connectivity index (χ2n) is 11.5. The fraction of sp³-hybridized carbons (Fsp3) is 0.556. The normalized spacial score (nSPS) is 21.2. The fourth-order valence-electron chi connectivity index (χ4n) is 5.17. The standard InChI is InChI=1S/C27H35F4N9O/c1-13-9-16(32)35-21(18(13)27(29,30)31)22-19(28)20-17-23(38-25(37-20)40-11-26(4,12-40)39(5)6)34-10-14(2)33-8-7-15(3)41-24(17)36-22/h9,14-15,33H,7-8,10-12H2,1-6H3,(H2,32,35)(H,34,37,38)/t14?,15-/m0/s1. The number of pyridine rings is 2. The second-order valence-corrected chi connectivity index (χ2v) is 11.5. The van der Waals surface area contributed by atoms with E-state index in [1.165, 1.54) is 6.92 Å². The van der Waals surface area contributed by atoms with E-state index < -0.39 is 35.0 Å². The van der Waals surface area contributed by atoms with Gasteiger partial charge in [0.25, 0.3) is 0 Å². The van der Waals surface area contributed by atoms with Crippen molar-refractivity contribution in [2.24, 2.45) is 0 Å². The molecular formula is C27H35F4N9O. The van der Waals surface area contributed by atoms with Crippen LogP contribution in [0.2, 0.25) is 0 Å². The highest BCUT2D eigenvalue weighted by molar-refractivity contribution is 5.97. The molecule has 0 aromatic carbocycles. The number of alkyl halides is 3. The first kappa shape index (κ1) is 29.0. The van der Waals surface area contributed by atoms with Gasteiger partial charge in [0.15, 0.2) is 5.82 Å². The molecule has 0 aliphatic carbocycles. The summed E-state index contributed by atoms with van der Waals surface area (Å²) in [6.45, 7) is 9.40. The van der Waals surface area contributed by atoms with E-state index in [1.807, 2.05) is 32.8 Å². The summed E-state index contributed by atoms with van der Waals surface area (Å²) in [6.07, 6.45) is -4.66. The summed E-state index contributed by atoms with van der Waals surface area (Å²) < 4.78 is 65.4. The van der Waals surface area contributed by atoms with Gasteiger partial charge in [-0.25, -0.2) is 19.3 Å². The van der Waals surface area contributed by atoms with Gasteiger partial charge in [-0.2, -0.15) is 18.2 Å². The minimum Gasteiger partial charge on any atom is -0.474 e. The first-order valence-corrected chi connectivity index (χ1v) is 13.5. The molecule has 3 aromatic rings. The predicted molar refractivity (Wildman–Crippen MR) is 150 cm³/mol. The third-order valence-electron chi connectivity index (χ3n) is 7.84. The van der Waals surface area contributed by atoms with E-state index in [0.717, 1.165) is 6.07 Å². The van der Waals surface area contributed by atoms with Gasteiger partial charge in [-0.3, -0.25) is 0 Å². The number of nitrogens with two attached hydrogens (primary N) is 1. The number of likely N-dealkylation sites (N-methyl/N-ethyl adjacent to an activating group) is 1. The van der Waals surface area contributed by atoms with Gasteiger partial charge in [0.2, 0.25) is 11.8 Å². The Morgan fingerprint density at radius 3 is 2.49 bits per heavy atom. The highest BCUT2D eigenvalue weighted by atomic mass is 19.4. The van der Waals surface area contributed by atoms with Gasteiger partial charge in [0.1, 0.15) is 33.9 Å². The number of nitrogens with zero attached hydrogens (tertiary/aromatic N) is 6. The summed E-state index contributed by atoms with van der Waals surface area (Å²) in [5, 5.41) is 6.81. The highest BCUT2D eigenvalue weighted by Gasteiger charge is 2.43. The smallest absolute Gasteiger partial charge is 0.418 e. The molecule has 0 radical (unpaired) electrons. The molecule has 0 saturated carbocycles. The van der Waals surface area contributed by atoms with Crippen molar-refractivity contribution in [3.8, 4) is 17.3 Å². The molecule has 0 amide bonds. The van der Waals surface area contributed by atoms with Crippen molar-refractivity contribution in [1.82, 2.24) is 30.2 Å². The quantitative estimate of drug-likeness (QED) is 0.397. The molecule has 5 heterocycles. The van der Waals surface area contributed by atoms with Crippen LogP contribution in [0.5, 0.6) is 5.88 Å². The van der Waals surface area contributed by atoms with Crippen LogP contribution in [-0.4, -0.2) is 82.8 Å². The van der Waals surface area contributed by atoms with Gasteiger partial charge >= 0.3 is 6.18 Å². The number of nitrogen functional groups attached to an aromatic ring is 1. The van der Waals surface area contributed by atoms with Crippen LogP contribution in [0.4, 0.5) is 35.1 Å². The van der Waals surface area contributed by atoms with E-state index in [-0.39, 0.29) is 51.5 Å². The molecular weight excluding hydrogens is 542 g/mol. The van der Waals surface area contributed by atoms with Gasteiger partial charge in [-0.05, 0) is 66.4 Å². The Morgan fingerprint density at radius 1 is 1.12 bits per heavy atom. The zero-order valence-corrected chi connectivity index (χ0v) is 23.9. The monoisotopic (exact) mass is 577 g/mol. The van der Waals surface area contributed by atoms with Crippen LogP contribution in [-0.2, 0) is 6.18 Å². The lowest BCUT2D eigenvalue weighted by atomic mass is 9.91. The molecule has 2 aliphatic heterocycles. The average molecular weight is 578 g/mol. The van der Waals surface area contributed by atoms with Gasteiger partial charge in [-0.15, -0.1) is 0 Å². The van der Waals surface area contributed by atoms with E-state index in [0.29, 0.717) is 32.6 Å². The van der Waals surface area contributed by atoms with Crippen LogP contribution in [0.1, 0.15) is 38.3 Å². The van der Waals surface area contributed by atoms with Gasteiger partial charge in [0.05, 0.1) is 17.2 Å². The van der Waals surface area contributed by atoms with E-state index in [9.17, 15) is 13.2 Å². The number of hydrogen-bond acceptors (Lipinski definition) is 10. The molecule has 0 spiro atoms. The van der Waals surface area contributed by atoms with Gasteiger partial charge in [0, 0.05) is 25.7 Å². The topological polar surface area (TPSA) is 117 Å². The Labute approximate surface area is 235 Å². The Bertz CT molecular complexity index is 1470. The first-order chi connectivity index (χ1) is 19.2. The minimum atomic E-state index is -4.84. The second kappa shape index (κ2) is 10.4. The molecule has 1 unspecified atom stereocenters. The Morgan fingerprint density at radius 2 is 1.83 bits per heavy atom. The number of rotatable bonds is 3. The molecule has 0 bridgehead atoms. The van der Waals surface area contributed by atoms with Crippen molar-refractivity contribution in [1.29, 1.82) is 0 Å². The van der Waals surface area contributed by atoms with Crippen LogP contribution < -0.4 is 26.0 Å². The van der Waals surface area contributed by atoms with Gasteiger partial charge < -0.3 is 30.9 Å². The summed E-state index contributed by atoms with van der Waals surface area (Å²) in [6, 6.07) is 1.15. The molecule has 3 aromatic heterocycles. The Balaban J connectivity index is 1.78. The molecule has 5 rings (SSSR count). The maximum atomic E-state index is 16.5. The van der Waals surface area contributed by atoms with Crippen molar-refractivity contribution in [2.45, 2.75) is 58.0 Å². The summed E-state index contributed by atoms with van der Waals surface area (Å²) in [5.41, 5.74) is 2.82. The highest BCUT2D eigenvalue weighted by Crippen LogP contribution is 2.43. The summed E-state index contributed by atoms with van der Waals surface area (Å²) in [7, 11) is 3.95. The summed E-state index contributed by atoms with van der Waals surface area (Å²) in [5.74, 6) is -0.803. The molecule has 4 N–H and O–H groups in total. The third kappa shape index (κ3) is 5.42. The molecule has 2 atom stereocenters. The first-order valence-electron chi connectivity index (χ1n) is 13.5. The molecule has 41 heavy (non-hydrogen) atoms. The lowest BCUT2D eigenvalue weighted by Crippen LogP contribution is -2.67. The molecule has 14 heteroatoms. The maximum absolute atomic E-state index is 16.5. The SMILES string of the molecule is Cc1cc(N)nc(-c2nc3c4c(nc(N5CC(C)(N(C)C)C5)nc4c2F)NCC(C)NCC[C@H](C)O3)c1C(F)(F)F. The Kier molecular flexibility index (Phi) is 7.35. The van der Waals surface area contributed by atoms with E-state index in [4.69, 9.17) is 15.5 Å². The fourth-order valence-corrected chi connectivity index (χ4v) is 5.17. The maximum Gasteiger partial charge on any atom is 0.418 e. The van der Waals surface area contributed by atoms with Crippen molar-refractivity contribution in [2.75, 3.05) is 56.2 Å². The number of aromatic nitrogens is 4. The molecule has 1 saturated heterocycles. The Hall–Kier alpha value is -3.52. The van der Waals surface area contributed by atoms with E-state index in [1.54, 1.807) is 0 Å². The molecule has 1 fully saturated rings. The molecule has 2 aliphatic rings. The third-order valence-corrected chi connectivity index (χ3v) is 7.84. The molecule has 10 nitrogen and oxygen atoms in total. The van der Waals surface area contributed by atoms with Crippen molar-refractivity contribution in [3.63, 3.8) is 0 Å². The predicted octanol–water partition coefficient (Wildman–Crippen LogP) is 3.84. The zero-order chi connectivity index (χ0) is 29.9. The number of ether oxygens (including phenoxy) is 1. The van der Waals surface area contributed by atoms with Crippen LogP contribution in [0.25, 0.3) is 22.3 Å². The van der Waals surface area contributed by atoms with Crippen LogP contribution in [0.3, 0.4) is 0 Å². The van der Waals surface area contributed by atoms with Crippen LogP contribution >= 0.6 is 0 Å². The van der Waals surface area contributed by atoms with E-state index >= 15 is 4.39 Å². The van der Waals surface area contributed by atoms with Crippen molar-refractivity contribution < 1.29 is 22.3 Å². The minimum absolute atomic E-state index is 0.0455. The largest absolute Gasteiger partial charge is 0.474 e. The van der Waals surface area contributed by atoms with Crippen LogP contribution in [0, 0.1) is 12.7 Å². The van der Waals surface area contributed by atoms with Crippen LogP contribution in [0.15, 0.2) is 6.07 Å².